The van der Waals surface area contributed by atoms with Crippen LogP contribution in [0, 0.1) is 12.3 Å². The second kappa shape index (κ2) is 10.5. The zero-order valence-electron chi connectivity index (χ0n) is 10.7. The molecule has 0 aliphatic rings. The lowest BCUT2D eigenvalue weighted by Gasteiger charge is -2.07. The van der Waals surface area contributed by atoms with Gasteiger partial charge in [-0.3, -0.25) is 4.79 Å². The SMILES string of the molecule is C#CCCCCCCCCC(=O)NC(C)C. The summed E-state index contributed by atoms with van der Waals surface area (Å²) in [5.41, 5.74) is 0. The molecule has 0 aliphatic carbocycles. The second-order valence-corrected chi connectivity index (χ2v) is 4.55. The molecule has 0 spiro atoms. The quantitative estimate of drug-likeness (QED) is 0.472. The van der Waals surface area contributed by atoms with Crippen LogP contribution in [0.3, 0.4) is 0 Å². The van der Waals surface area contributed by atoms with E-state index >= 15 is 0 Å². The molecule has 0 saturated carbocycles. The molecule has 1 amide bonds. The highest BCUT2D eigenvalue weighted by Crippen LogP contribution is 2.08. The van der Waals surface area contributed by atoms with Crippen molar-refractivity contribution in [3.8, 4) is 12.3 Å². The summed E-state index contributed by atoms with van der Waals surface area (Å²) >= 11 is 0. The molecule has 16 heavy (non-hydrogen) atoms. The summed E-state index contributed by atoms with van der Waals surface area (Å²) in [5, 5.41) is 2.90. The third kappa shape index (κ3) is 11.1. The highest BCUT2D eigenvalue weighted by molar-refractivity contribution is 5.76. The largest absolute Gasteiger partial charge is 0.354 e. The zero-order valence-corrected chi connectivity index (χ0v) is 10.7. The predicted octanol–water partition coefficient (Wildman–Crippen LogP) is 3.27. The minimum Gasteiger partial charge on any atom is -0.354 e. The Morgan fingerprint density at radius 3 is 2.25 bits per heavy atom. The van der Waals surface area contributed by atoms with E-state index in [1.807, 2.05) is 13.8 Å². The number of terminal acetylenes is 1. The van der Waals surface area contributed by atoms with Gasteiger partial charge < -0.3 is 5.32 Å². The summed E-state index contributed by atoms with van der Waals surface area (Å²) in [4.78, 5) is 11.3. The number of carbonyl (C=O) groups is 1. The molecule has 0 radical (unpaired) electrons. The van der Waals surface area contributed by atoms with Gasteiger partial charge in [-0.1, -0.05) is 25.7 Å². The van der Waals surface area contributed by atoms with Gasteiger partial charge in [-0.05, 0) is 26.7 Å². The van der Waals surface area contributed by atoms with Crippen LogP contribution in [0.25, 0.3) is 0 Å². The van der Waals surface area contributed by atoms with Crippen molar-refractivity contribution in [3.05, 3.63) is 0 Å². The van der Waals surface area contributed by atoms with Crippen LogP contribution >= 0.6 is 0 Å². The Morgan fingerprint density at radius 1 is 1.12 bits per heavy atom. The summed E-state index contributed by atoms with van der Waals surface area (Å²) < 4.78 is 0. The van der Waals surface area contributed by atoms with Gasteiger partial charge in [0.25, 0.3) is 0 Å². The molecule has 0 heterocycles. The molecule has 0 bridgehead atoms. The molecular formula is C14H25NO. The van der Waals surface area contributed by atoms with Gasteiger partial charge in [0.2, 0.25) is 5.91 Å². The maximum absolute atomic E-state index is 11.3. The lowest BCUT2D eigenvalue weighted by molar-refractivity contribution is -0.121. The Balaban J connectivity index is 3.15. The van der Waals surface area contributed by atoms with Gasteiger partial charge in [0.15, 0.2) is 0 Å². The third-order valence-electron chi connectivity index (χ3n) is 2.42. The number of amides is 1. The number of carbonyl (C=O) groups excluding carboxylic acids is 1. The van der Waals surface area contributed by atoms with Gasteiger partial charge in [0, 0.05) is 18.9 Å². The van der Waals surface area contributed by atoms with Crippen LogP contribution in [0.4, 0.5) is 0 Å². The van der Waals surface area contributed by atoms with Crippen LogP contribution in [-0.4, -0.2) is 11.9 Å². The maximum atomic E-state index is 11.3. The van der Waals surface area contributed by atoms with Gasteiger partial charge in [0.05, 0.1) is 0 Å². The highest BCUT2D eigenvalue weighted by Gasteiger charge is 2.01. The molecule has 0 saturated heterocycles. The number of unbranched alkanes of at least 4 members (excludes halogenated alkanes) is 6. The number of hydrogen-bond acceptors (Lipinski definition) is 1. The predicted molar refractivity (Wildman–Crippen MR) is 69.0 cm³/mol. The van der Waals surface area contributed by atoms with Crippen molar-refractivity contribution in [2.45, 2.75) is 71.3 Å². The molecule has 0 aliphatic heterocycles. The van der Waals surface area contributed by atoms with Crippen LogP contribution in [0.2, 0.25) is 0 Å². The van der Waals surface area contributed by atoms with Gasteiger partial charge in [-0.2, -0.15) is 0 Å². The Labute approximate surface area is 100 Å². The van der Waals surface area contributed by atoms with Crippen LogP contribution in [0.5, 0.6) is 0 Å². The lowest BCUT2D eigenvalue weighted by atomic mass is 10.1. The summed E-state index contributed by atoms with van der Waals surface area (Å²) in [6.07, 6.45) is 13.7. The van der Waals surface area contributed by atoms with Gasteiger partial charge >= 0.3 is 0 Å². The first-order valence-corrected chi connectivity index (χ1v) is 6.39. The molecule has 0 atom stereocenters. The first-order chi connectivity index (χ1) is 7.66. The van der Waals surface area contributed by atoms with Crippen molar-refractivity contribution in [2.24, 2.45) is 0 Å². The van der Waals surface area contributed by atoms with Gasteiger partial charge in [-0.15, -0.1) is 12.3 Å². The molecule has 0 fully saturated rings. The molecule has 2 heteroatoms. The highest BCUT2D eigenvalue weighted by atomic mass is 16.1. The summed E-state index contributed by atoms with van der Waals surface area (Å²) in [5.74, 6) is 2.83. The molecule has 1 N–H and O–H groups in total. The summed E-state index contributed by atoms with van der Waals surface area (Å²) in [6, 6.07) is 0.260. The van der Waals surface area contributed by atoms with E-state index in [1.165, 1.54) is 19.3 Å². The molecule has 2 nitrogen and oxygen atoms in total. The molecule has 0 aromatic carbocycles. The average Bonchev–Trinajstić information content (AvgIpc) is 2.21. The third-order valence-corrected chi connectivity index (χ3v) is 2.42. The van der Waals surface area contributed by atoms with E-state index in [9.17, 15) is 4.79 Å². The van der Waals surface area contributed by atoms with Gasteiger partial charge in [0.1, 0.15) is 0 Å². The topological polar surface area (TPSA) is 29.1 Å². The molecule has 92 valence electrons. The Kier molecular flexibility index (Phi) is 9.91. The molecule has 0 aromatic heterocycles. The Morgan fingerprint density at radius 2 is 1.69 bits per heavy atom. The van der Waals surface area contributed by atoms with E-state index in [2.05, 4.69) is 11.2 Å². The molecular weight excluding hydrogens is 198 g/mol. The normalized spacial score (nSPS) is 10.1. The van der Waals surface area contributed by atoms with Crippen LogP contribution in [-0.2, 0) is 4.79 Å². The van der Waals surface area contributed by atoms with E-state index in [4.69, 9.17) is 6.42 Å². The fourth-order valence-electron chi connectivity index (χ4n) is 1.61. The Bertz CT molecular complexity index is 215. The van der Waals surface area contributed by atoms with Crippen molar-refractivity contribution in [3.63, 3.8) is 0 Å². The second-order valence-electron chi connectivity index (χ2n) is 4.55. The lowest BCUT2D eigenvalue weighted by Crippen LogP contribution is -2.29. The van der Waals surface area contributed by atoms with E-state index in [-0.39, 0.29) is 11.9 Å². The Hall–Kier alpha value is -0.970. The van der Waals surface area contributed by atoms with Crippen molar-refractivity contribution >= 4 is 5.91 Å². The fraction of sp³-hybridized carbons (Fsp3) is 0.786. The van der Waals surface area contributed by atoms with E-state index in [0.29, 0.717) is 6.42 Å². The number of hydrogen-bond donors (Lipinski definition) is 1. The monoisotopic (exact) mass is 223 g/mol. The van der Waals surface area contributed by atoms with Crippen LogP contribution in [0.15, 0.2) is 0 Å². The summed E-state index contributed by atoms with van der Waals surface area (Å²) in [7, 11) is 0. The molecule has 0 rings (SSSR count). The van der Waals surface area contributed by atoms with E-state index in [1.54, 1.807) is 0 Å². The van der Waals surface area contributed by atoms with Crippen molar-refractivity contribution in [1.82, 2.24) is 5.32 Å². The number of nitrogens with one attached hydrogen (secondary N) is 1. The van der Waals surface area contributed by atoms with E-state index < -0.39 is 0 Å². The maximum Gasteiger partial charge on any atom is 0.220 e. The standard InChI is InChI=1S/C14H25NO/c1-4-5-6-7-8-9-10-11-12-14(16)15-13(2)3/h1,13H,5-12H2,2-3H3,(H,15,16). The smallest absolute Gasteiger partial charge is 0.220 e. The molecule has 0 unspecified atom stereocenters. The first kappa shape index (κ1) is 15.0. The number of rotatable bonds is 9. The average molecular weight is 223 g/mol. The van der Waals surface area contributed by atoms with Gasteiger partial charge in [-0.25, -0.2) is 0 Å². The fourth-order valence-corrected chi connectivity index (χ4v) is 1.61. The van der Waals surface area contributed by atoms with Crippen LogP contribution < -0.4 is 5.32 Å². The van der Waals surface area contributed by atoms with Crippen molar-refractivity contribution in [1.29, 1.82) is 0 Å². The van der Waals surface area contributed by atoms with Crippen molar-refractivity contribution in [2.75, 3.05) is 0 Å². The minimum absolute atomic E-state index is 0.183. The first-order valence-electron chi connectivity index (χ1n) is 6.39. The zero-order chi connectivity index (χ0) is 12.2. The van der Waals surface area contributed by atoms with Crippen molar-refractivity contribution < 1.29 is 4.79 Å². The van der Waals surface area contributed by atoms with E-state index in [0.717, 1.165) is 25.7 Å². The summed E-state index contributed by atoms with van der Waals surface area (Å²) in [6.45, 7) is 3.98. The molecule has 0 aromatic rings. The van der Waals surface area contributed by atoms with Crippen LogP contribution in [0.1, 0.15) is 65.2 Å². The minimum atomic E-state index is 0.183.